The zero-order valence-electron chi connectivity index (χ0n) is 6.62. The number of nitrogens with zero attached hydrogens (tertiary/aromatic N) is 2. The smallest absolute Gasteiger partial charge is 0.114 e. The number of hydrogen-bond acceptors (Lipinski definition) is 1. The van der Waals surface area contributed by atoms with Gasteiger partial charge in [0.15, 0.2) is 0 Å². The summed E-state index contributed by atoms with van der Waals surface area (Å²) in [5.74, 6) is 0. The molecule has 0 amide bonds. The van der Waals surface area contributed by atoms with Crippen molar-refractivity contribution in [1.29, 1.82) is 0 Å². The van der Waals surface area contributed by atoms with Gasteiger partial charge in [0, 0.05) is 12.4 Å². The monoisotopic (exact) mass is 138 g/mol. The number of allylic oxidation sites excluding steroid dienone is 1. The zero-order chi connectivity index (χ0) is 7.66. The Morgan fingerprint density at radius 2 is 2.10 bits per heavy atom. The molecular formula is C8H14N2. The molecule has 0 heterocycles. The summed E-state index contributed by atoms with van der Waals surface area (Å²) in [7, 11) is 0. The lowest BCUT2D eigenvalue weighted by Crippen LogP contribution is -1.64. The van der Waals surface area contributed by atoms with E-state index < -0.39 is 0 Å². The Morgan fingerprint density at radius 1 is 1.30 bits per heavy atom. The van der Waals surface area contributed by atoms with Crippen LogP contribution < -0.4 is 0 Å². The molecule has 56 valence electrons. The number of hydrogen-bond donors (Lipinski definition) is 0. The average molecular weight is 138 g/mol. The third kappa shape index (κ3) is 7.08. The van der Waals surface area contributed by atoms with Gasteiger partial charge in [-0.25, -0.2) is 9.98 Å². The van der Waals surface area contributed by atoms with Gasteiger partial charge in [0.2, 0.25) is 0 Å². The Kier molecular flexibility index (Phi) is 7.34. The van der Waals surface area contributed by atoms with Crippen LogP contribution in [0.3, 0.4) is 0 Å². The van der Waals surface area contributed by atoms with Crippen LogP contribution in [0.25, 0.3) is 0 Å². The van der Waals surface area contributed by atoms with Crippen LogP contribution >= 0.6 is 0 Å². The second-order valence-electron chi connectivity index (χ2n) is 1.85. The van der Waals surface area contributed by atoms with Crippen LogP contribution in [0.1, 0.15) is 26.7 Å². The molecule has 10 heavy (non-hydrogen) atoms. The molecule has 0 aromatic rings. The summed E-state index contributed by atoms with van der Waals surface area (Å²) in [5.41, 5.74) is 0. The number of aliphatic imine (C=N–C) groups is 2. The largest absolute Gasteiger partial charge is 0.250 e. The van der Waals surface area contributed by atoms with Crippen LogP contribution in [-0.2, 0) is 0 Å². The SMILES string of the molecule is CC=NC=N/C=C/CCC. The summed E-state index contributed by atoms with van der Waals surface area (Å²) in [6.45, 7) is 4.00. The van der Waals surface area contributed by atoms with E-state index in [2.05, 4.69) is 16.9 Å². The minimum atomic E-state index is 1.09. The van der Waals surface area contributed by atoms with Crippen LogP contribution in [0.5, 0.6) is 0 Å². The fraction of sp³-hybridized carbons (Fsp3) is 0.500. The van der Waals surface area contributed by atoms with Crippen molar-refractivity contribution in [3.63, 3.8) is 0 Å². The van der Waals surface area contributed by atoms with Crippen LogP contribution in [0.15, 0.2) is 22.3 Å². The van der Waals surface area contributed by atoms with Crippen LogP contribution in [0.4, 0.5) is 0 Å². The quantitative estimate of drug-likeness (QED) is 0.421. The molecule has 0 rings (SSSR count). The van der Waals surface area contributed by atoms with Crippen molar-refractivity contribution in [2.24, 2.45) is 9.98 Å². The van der Waals surface area contributed by atoms with Crippen molar-refractivity contribution in [3.8, 4) is 0 Å². The molecular weight excluding hydrogens is 124 g/mol. The summed E-state index contributed by atoms with van der Waals surface area (Å²) in [4.78, 5) is 7.70. The van der Waals surface area contributed by atoms with Gasteiger partial charge in [-0.15, -0.1) is 0 Å². The van der Waals surface area contributed by atoms with Crippen LogP contribution in [0.2, 0.25) is 0 Å². The molecule has 0 fully saturated rings. The van der Waals surface area contributed by atoms with Gasteiger partial charge in [-0.3, -0.25) is 0 Å². The molecule has 0 aromatic carbocycles. The summed E-state index contributed by atoms with van der Waals surface area (Å²) >= 11 is 0. The molecule has 0 aliphatic heterocycles. The van der Waals surface area contributed by atoms with Crippen LogP contribution in [-0.4, -0.2) is 12.6 Å². The molecule has 0 saturated carbocycles. The predicted molar refractivity (Wildman–Crippen MR) is 46.7 cm³/mol. The van der Waals surface area contributed by atoms with E-state index in [1.165, 1.54) is 12.8 Å². The highest BCUT2D eigenvalue weighted by Crippen LogP contribution is 1.87. The molecule has 0 N–H and O–H groups in total. The lowest BCUT2D eigenvalue weighted by molar-refractivity contribution is 0.956. The highest BCUT2D eigenvalue weighted by atomic mass is 14.8. The molecule has 0 radical (unpaired) electrons. The summed E-state index contributed by atoms with van der Waals surface area (Å²) < 4.78 is 0. The van der Waals surface area contributed by atoms with E-state index in [0.29, 0.717) is 0 Å². The Hall–Kier alpha value is -0.920. The Labute approximate surface area is 62.4 Å². The summed E-state index contributed by atoms with van der Waals surface area (Å²) in [6.07, 6.45) is 9.30. The predicted octanol–water partition coefficient (Wildman–Crippen LogP) is 2.42. The Balaban J connectivity index is 3.32. The maximum absolute atomic E-state index is 3.90. The third-order valence-electron chi connectivity index (χ3n) is 0.929. The van der Waals surface area contributed by atoms with Crippen molar-refractivity contribution in [3.05, 3.63) is 12.3 Å². The topological polar surface area (TPSA) is 24.7 Å². The zero-order valence-corrected chi connectivity index (χ0v) is 6.62. The fourth-order valence-electron chi connectivity index (χ4n) is 0.446. The second kappa shape index (κ2) is 8.08. The highest BCUT2D eigenvalue weighted by molar-refractivity contribution is 5.70. The number of unbranched alkanes of at least 4 members (excludes halogenated alkanes) is 1. The number of rotatable bonds is 4. The molecule has 0 atom stereocenters. The first-order valence-corrected chi connectivity index (χ1v) is 3.56. The Bertz CT molecular complexity index is 134. The lowest BCUT2D eigenvalue weighted by atomic mass is 10.3. The van der Waals surface area contributed by atoms with E-state index in [-0.39, 0.29) is 0 Å². The van der Waals surface area contributed by atoms with Crippen molar-refractivity contribution in [2.45, 2.75) is 26.7 Å². The van der Waals surface area contributed by atoms with Gasteiger partial charge in [-0.2, -0.15) is 0 Å². The molecule has 2 heteroatoms. The van der Waals surface area contributed by atoms with Crippen molar-refractivity contribution in [1.82, 2.24) is 0 Å². The lowest BCUT2D eigenvalue weighted by Gasteiger charge is -1.78. The van der Waals surface area contributed by atoms with E-state index in [1.807, 2.05) is 13.0 Å². The molecule has 0 aromatic heterocycles. The van der Waals surface area contributed by atoms with E-state index in [1.54, 1.807) is 12.4 Å². The van der Waals surface area contributed by atoms with Gasteiger partial charge in [0.1, 0.15) is 6.34 Å². The van der Waals surface area contributed by atoms with Crippen molar-refractivity contribution in [2.75, 3.05) is 0 Å². The molecule has 2 nitrogen and oxygen atoms in total. The Morgan fingerprint density at radius 3 is 2.70 bits per heavy atom. The van der Waals surface area contributed by atoms with Gasteiger partial charge < -0.3 is 0 Å². The van der Waals surface area contributed by atoms with Crippen LogP contribution in [0, 0.1) is 0 Å². The fourth-order valence-corrected chi connectivity index (χ4v) is 0.446. The maximum Gasteiger partial charge on any atom is 0.114 e. The molecule has 0 saturated heterocycles. The van der Waals surface area contributed by atoms with Crippen molar-refractivity contribution >= 4 is 12.6 Å². The van der Waals surface area contributed by atoms with E-state index in [4.69, 9.17) is 0 Å². The summed E-state index contributed by atoms with van der Waals surface area (Å²) in [5, 5.41) is 0. The van der Waals surface area contributed by atoms with E-state index >= 15 is 0 Å². The van der Waals surface area contributed by atoms with Gasteiger partial charge in [-0.05, 0) is 13.3 Å². The molecule has 0 bridgehead atoms. The highest BCUT2D eigenvalue weighted by Gasteiger charge is 1.68. The van der Waals surface area contributed by atoms with Crippen molar-refractivity contribution < 1.29 is 0 Å². The maximum atomic E-state index is 3.90. The average Bonchev–Trinajstić information content (AvgIpc) is 1.97. The normalized spacial score (nSPS) is 12.6. The molecule has 0 aliphatic carbocycles. The first-order valence-electron chi connectivity index (χ1n) is 3.56. The standard InChI is InChI=1S/C8H14N2/c1-3-5-6-7-10-8-9-4-2/h4,6-8H,3,5H2,1-2H3/b7-6+,9-4?,10-8?. The third-order valence-corrected chi connectivity index (χ3v) is 0.929. The van der Waals surface area contributed by atoms with Gasteiger partial charge in [0.05, 0.1) is 0 Å². The summed E-state index contributed by atoms with van der Waals surface area (Å²) in [6, 6.07) is 0. The van der Waals surface area contributed by atoms with Gasteiger partial charge >= 0.3 is 0 Å². The molecule has 0 spiro atoms. The molecule has 0 aliphatic rings. The molecule has 0 unspecified atom stereocenters. The first kappa shape index (κ1) is 9.08. The minimum Gasteiger partial charge on any atom is -0.250 e. The van der Waals surface area contributed by atoms with Gasteiger partial charge in [0.25, 0.3) is 0 Å². The van der Waals surface area contributed by atoms with E-state index in [9.17, 15) is 0 Å². The minimum absolute atomic E-state index is 1.09. The van der Waals surface area contributed by atoms with Gasteiger partial charge in [-0.1, -0.05) is 19.4 Å². The second-order valence-corrected chi connectivity index (χ2v) is 1.85. The van der Waals surface area contributed by atoms with E-state index in [0.717, 1.165) is 6.42 Å². The first-order chi connectivity index (χ1) is 4.91.